The number of amides is 1. The zero-order valence-electron chi connectivity index (χ0n) is 13.3. The van der Waals surface area contributed by atoms with Crippen LogP contribution >= 0.6 is 23.2 Å². The van der Waals surface area contributed by atoms with Gasteiger partial charge in [-0.25, -0.2) is 14.2 Å². The molecule has 1 heterocycles. The molecule has 0 radical (unpaired) electrons. The summed E-state index contributed by atoms with van der Waals surface area (Å²) >= 11 is 11.5. The number of ether oxygens (including phenoxy) is 1. The Bertz CT molecular complexity index is 769. The van der Waals surface area contributed by atoms with E-state index in [1.165, 1.54) is 31.3 Å². The van der Waals surface area contributed by atoms with Gasteiger partial charge in [-0.05, 0) is 37.1 Å². The Labute approximate surface area is 154 Å². The molecule has 1 amide bonds. The van der Waals surface area contributed by atoms with Crippen molar-refractivity contribution in [2.24, 2.45) is 0 Å². The summed E-state index contributed by atoms with van der Waals surface area (Å²) in [6.07, 6.45) is 0.759. The molecule has 0 aliphatic carbocycles. The zero-order chi connectivity index (χ0) is 18.4. The topological polar surface area (TPSA) is 68.3 Å². The van der Waals surface area contributed by atoms with Crippen LogP contribution in [0.2, 0.25) is 10.2 Å². The lowest BCUT2D eigenvalue weighted by molar-refractivity contribution is -0.129. The van der Waals surface area contributed by atoms with Crippen LogP contribution in [0.15, 0.2) is 36.5 Å². The molecule has 0 aliphatic rings. The first-order chi connectivity index (χ1) is 11.9. The first-order valence-electron chi connectivity index (χ1n) is 7.41. The number of pyridine rings is 1. The molecule has 1 atom stereocenters. The van der Waals surface area contributed by atoms with Gasteiger partial charge in [-0.2, -0.15) is 0 Å². The number of carbonyl (C=O) groups excluding carboxylic acids is 2. The van der Waals surface area contributed by atoms with Crippen molar-refractivity contribution in [3.8, 4) is 0 Å². The summed E-state index contributed by atoms with van der Waals surface area (Å²) in [6.45, 7) is 1.79. The SMILES string of the molecule is C[C@@H](OC(=O)c1cnc(Cl)c(Cl)c1)C(=O)NCCc1ccc(F)cc1. The molecule has 0 saturated carbocycles. The molecule has 0 unspecified atom stereocenters. The minimum absolute atomic E-state index is 0.0739. The molecule has 0 saturated heterocycles. The second-order valence-corrected chi connectivity index (χ2v) is 5.98. The highest BCUT2D eigenvalue weighted by atomic mass is 35.5. The maximum absolute atomic E-state index is 12.8. The van der Waals surface area contributed by atoms with Crippen LogP contribution in [-0.4, -0.2) is 29.5 Å². The number of aromatic nitrogens is 1. The molecule has 2 aromatic rings. The van der Waals surface area contributed by atoms with Gasteiger partial charge >= 0.3 is 5.97 Å². The molecule has 0 bridgehead atoms. The smallest absolute Gasteiger partial charge is 0.340 e. The third-order valence-corrected chi connectivity index (χ3v) is 4.00. The fourth-order valence-corrected chi connectivity index (χ4v) is 2.21. The Morgan fingerprint density at radius 1 is 1.28 bits per heavy atom. The van der Waals surface area contributed by atoms with Gasteiger partial charge < -0.3 is 10.1 Å². The molecule has 1 aromatic carbocycles. The molecule has 1 N–H and O–H groups in total. The summed E-state index contributed by atoms with van der Waals surface area (Å²) < 4.78 is 17.9. The van der Waals surface area contributed by atoms with Gasteiger partial charge in [0.25, 0.3) is 5.91 Å². The highest BCUT2D eigenvalue weighted by Gasteiger charge is 2.19. The van der Waals surface area contributed by atoms with Gasteiger partial charge in [0, 0.05) is 12.7 Å². The zero-order valence-corrected chi connectivity index (χ0v) is 14.8. The lowest BCUT2D eigenvalue weighted by Crippen LogP contribution is -2.36. The first-order valence-corrected chi connectivity index (χ1v) is 8.16. The van der Waals surface area contributed by atoms with Crippen molar-refractivity contribution in [2.45, 2.75) is 19.4 Å². The summed E-state index contributed by atoms with van der Waals surface area (Å²) in [4.78, 5) is 27.7. The van der Waals surface area contributed by atoms with Gasteiger partial charge in [0.1, 0.15) is 11.0 Å². The van der Waals surface area contributed by atoms with Crippen molar-refractivity contribution in [3.05, 3.63) is 63.6 Å². The van der Waals surface area contributed by atoms with Crippen molar-refractivity contribution in [1.82, 2.24) is 10.3 Å². The van der Waals surface area contributed by atoms with E-state index in [1.807, 2.05) is 0 Å². The summed E-state index contributed by atoms with van der Waals surface area (Å²) in [6, 6.07) is 7.31. The van der Waals surface area contributed by atoms with Crippen LogP contribution in [0.25, 0.3) is 0 Å². The predicted molar refractivity (Wildman–Crippen MR) is 92.2 cm³/mol. The van der Waals surface area contributed by atoms with Crippen LogP contribution in [0.4, 0.5) is 4.39 Å². The van der Waals surface area contributed by atoms with Crippen LogP contribution in [0.1, 0.15) is 22.8 Å². The molecule has 5 nitrogen and oxygen atoms in total. The van der Waals surface area contributed by atoms with E-state index in [1.54, 1.807) is 12.1 Å². The van der Waals surface area contributed by atoms with E-state index in [9.17, 15) is 14.0 Å². The third-order valence-electron chi connectivity index (χ3n) is 3.31. The summed E-state index contributed by atoms with van der Waals surface area (Å²) in [5, 5.41) is 2.84. The first kappa shape index (κ1) is 19.1. The molecule has 1 aromatic heterocycles. The van der Waals surface area contributed by atoms with Crippen LogP contribution < -0.4 is 5.32 Å². The molecule has 25 heavy (non-hydrogen) atoms. The number of rotatable bonds is 6. The van der Waals surface area contributed by atoms with E-state index in [0.29, 0.717) is 13.0 Å². The molecule has 0 fully saturated rings. The maximum atomic E-state index is 12.8. The normalized spacial score (nSPS) is 11.7. The molecule has 132 valence electrons. The number of hydrogen-bond acceptors (Lipinski definition) is 4. The minimum Gasteiger partial charge on any atom is -0.449 e. The Hall–Kier alpha value is -2.18. The van der Waals surface area contributed by atoms with Crippen molar-refractivity contribution in [2.75, 3.05) is 6.54 Å². The molecule has 2 rings (SSSR count). The van der Waals surface area contributed by atoms with Crippen molar-refractivity contribution in [3.63, 3.8) is 0 Å². The van der Waals surface area contributed by atoms with Gasteiger partial charge in [0.2, 0.25) is 0 Å². The van der Waals surface area contributed by atoms with Gasteiger partial charge in [-0.15, -0.1) is 0 Å². The summed E-state index contributed by atoms with van der Waals surface area (Å²) in [7, 11) is 0. The molecule has 0 aliphatic heterocycles. The van der Waals surface area contributed by atoms with Gasteiger partial charge in [-0.3, -0.25) is 4.79 Å². The second-order valence-electron chi connectivity index (χ2n) is 5.21. The largest absolute Gasteiger partial charge is 0.449 e. The van der Waals surface area contributed by atoms with E-state index in [2.05, 4.69) is 10.3 Å². The number of benzene rings is 1. The van der Waals surface area contributed by atoms with Crippen LogP contribution in [-0.2, 0) is 16.0 Å². The van der Waals surface area contributed by atoms with Crippen molar-refractivity contribution >= 4 is 35.1 Å². The van der Waals surface area contributed by atoms with E-state index < -0.39 is 18.0 Å². The lowest BCUT2D eigenvalue weighted by atomic mass is 10.1. The molecule has 0 spiro atoms. The number of esters is 1. The average Bonchev–Trinajstić information content (AvgIpc) is 2.58. The van der Waals surface area contributed by atoms with E-state index in [-0.39, 0.29) is 21.6 Å². The van der Waals surface area contributed by atoms with Gasteiger partial charge in [-0.1, -0.05) is 35.3 Å². The van der Waals surface area contributed by atoms with Crippen LogP contribution in [0, 0.1) is 5.82 Å². The summed E-state index contributed by atoms with van der Waals surface area (Å²) in [5.41, 5.74) is 0.980. The van der Waals surface area contributed by atoms with Crippen molar-refractivity contribution < 1.29 is 18.7 Å². The number of halogens is 3. The highest BCUT2D eigenvalue weighted by molar-refractivity contribution is 6.41. The number of nitrogens with zero attached hydrogens (tertiary/aromatic N) is 1. The van der Waals surface area contributed by atoms with E-state index in [4.69, 9.17) is 27.9 Å². The lowest BCUT2D eigenvalue weighted by Gasteiger charge is -2.13. The summed E-state index contributed by atoms with van der Waals surface area (Å²) in [5.74, 6) is -1.49. The monoisotopic (exact) mass is 384 g/mol. The van der Waals surface area contributed by atoms with Crippen LogP contribution in [0.5, 0.6) is 0 Å². The highest BCUT2D eigenvalue weighted by Crippen LogP contribution is 2.20. The van der Waals surface area contributed by atoms with E-state index >= 15 is 0 Å². The van der Waals surface area contributed by atoms with Gasteiger partial charge in [0.15, 0.2) is 6.10 Å². The Kier molecular flexibility index (Phi) is 6.73. The predicted octanol–water partition coefficient (Wildman–Crippen LogP) is 3.43. The molecular formula is C17H15Cl2FN2O3. The number of hydrogen-bond donors (Lipinski definition) is 1. The second kappa shape index (κ2) is 8.78. The minimum atomic E-state index is -0.991. The van der Waals surface area contributed by atoms with Crippen molar-refractivity contribution in [1.29, 1.82) is 0 Å². The fraction of sp³-hybridized carbons (Fsp3) is 0.235. The fourth-order valence-electron chi connectivity index (χ4n) is 1.94. The number of nitrogens with one attached hydrogen (secondary N) is 1. The maximum Gasteiger partial charge on any atom is 0.340 e. The number of carbonyl (C=O) groups is 2. The van der Waals surface area contributed by atoms with Crippen LogP contribution in [0.3, 0.4) is 0 Å². The van der Waals surface area contributed by atoms with E-state index in [0.717, 1.165) is 5.56 Å². The third kappa shape index (κ3) is 5.69. The quantitative estimate of drug-likeness (QED) is 0.611. The Balaban J connectivity index is 1.81. The molecule has 8 heteroatoms. The molecular weight excluding hydrogens is 370 g/mol. The standard InChI is InChI=1S/C17H15Cl2FN2O3/c1-10(25-17(24)12-8-14(18)15(19)22-9-12)16(23)21-7-6-11-2-4-13(20)5-3-11/h2-5,8-10H,6-7H2,1H3,(H,21,23)/t10-/m1/s1. The Morgan fingerprint density at radius 2 is 1.96 bits per heavy atom. The Morgan fingerprint density at radius 3 is 2.60 bits per heavy atom. The van der Waals surface area contributed by atoms with Gasteiger partial charge in [0.05, 0.1) is 10.6 Å². The average molecular weight is 385 g/mol.